The summed E-state index contributed by atoms with van der Waals surface area (Å²) in [4.78, 5) is 28.6. The Labute approximate surface area is 158 Å². The summed E-state index contributed by atoms with van der Waals surface area (Å²) in [7, 11) is 0. The van der Waals surface area contributed by atoms with Crippen LogP contribution in [0, 0.1) is 0 Å². The first-order valence-electron chi connectivity index (χ1n) is 8.45. The zero-order chi connectivity index (χ0) is 20.1. The molecule has 2 heterocycles. The summed E-state index contributed by atoms with van der Waals surface area (Å²) in [5.74, 6) is -0.911. The highest BCUT2D eigenvalue weighted by atomic mass is 19.4. The fraction of sp³-hybridized carbons (Fsp3) is 0.211. The molecule has 1 atom stereocenters. The molecule has 0 fully saturated rings. The van der Waals surface area contributed by atoms with Gasteiger partial charge in [-0.3, -0.25) is 14.0 Å². The van der Waals surface area contributed by atoms with Gasteiger partial charge in [-0.1, -0.05) is 36.4 Å². The molecule has 0 aliphatic heterocycles. The Morgan fingerprint density at radius 2 is 1.82 bits per heavy atom. The van der Waals surface area contributed by atoms with E-state index in [4.69, 9.17) is 0 Å². The molecule has 9 heteroatoms. The van der Waals surface area contributed by atoms with E-state index in [0.717, 1.165) is 10.6 Å². The minimum atomic E-state index is -4.57. The minimum Gasteiger partial charge on any atom is -0.350 e. The zero-order valence-corrected chi connectivity index (χ0v) is 14.6. The lowest BCUT2D eigenvalue weighted by Crippen LogP contribution is -2.50. The van der Waals surface area contributed by atoms with Crippen molar-refractivity contribution in [2.45, 2.75) is 18.8 Å². The van der Waals surface area contributed by atoms with Gasteiger partial charge in [0.15, 0.2) is 0 Å². The third-order valence-electron chi connectivity index (χ3n) is 4.12. The second-order valence-electron chi connectivity index (χ2n) is 6.08. The highest BCUT2D eigenvalue weighted by Crippen LogP contribution is 2.20. The van der Waals surface area contributed by atoms with Crippen LogP contribution in [-0.4, -0.2) is 34.1 Å². The normalized spacial score (nSPS) is 12.7. The molecular weight excluding hydrogens is 373 g/mol. The summed E-state index contributed by atoms with van der Waals surface area (Å²) in [6, 6.07) is 11.5. The van der Waals surface area contributed by atoms with Crippen LogP contribution < -0.4 is 16.2 Å². The molecule has 0 unspecified atom stereocenters. The summed E-state index contributed by atoms with van der Waals surface area (Å²) in [6.07, 6.45) is -2.08. The molecule has 0 saturated heterocycles. The van der Waals surface area contributed by atoms with Crippen LogP contribution in [0.15, 0.2) is 65.7 Å². The number of halogens is 3. The molecule has 3 rings (SSSR count). The van der Waals surface area contributed by atoms with E-state index in [2.05, 4.69) is 15.6 Å². The molecule has 1 aromatic carbocycles. The first-order valence-corrected chi connectivity index (χ1v) is 8.45. The molecule has 0 saturated carbocycles. The molecule has 1 amide bonds. The maximum absolute atomic E-state index is 13.3. The molecule has 0 bridgehead atoms. The number of alkyl halides is 3. The van der Waals surface area contributed by atoms with Gasteiger partial charge in [-0.25, -0.2) is 4.98 Å². The number of hydrogen-bond donors (Lipinski definition) is 2. The lowest BCUT2D eigenvalue weighted by molar-refractivity contribution is -0.154. The Balaban J connectivity index is 1.70. The number of fused-ring (bicyclic) bond motifs is 1. The molecule has 28 heavy (non-hydrogen) atoms. The van der Waals surface area contributed by atoms with Crippen molar-refractivity contribution in [1.82, 2.24) is 20.0 Å². The molecule has 146 valence electrons. The molecule has 0 spiro atoms. The number of rotatable bonds is 6. The van der Waals surface area contributed by atoms with Gasteiger partial charge in [-0.05, 0) is 17.7 Å². The van der Waals surface area contributed by atoms with Crippen LogP contribution in [0.4, 0.5) is 13.2 Å². The van der Waals surface area contributed by atoms with Gasteiger partial charge in [0.1, 0.15) is 17.3 Å². The van der Waals surface area contributed by atoms with Gasteiger partial charge in [0.05, 0.1) is 0 Å². The van der Waals surface area contributed by atoms with Crippen molar-refractivity contribution in [2.24, 2.45) is 0 Å². The SMILES string of the molecule is O=C(NC[C@@H](NCc1ccccc1)C(F)(F)F)c1cnc2ccccn2c1=O. The Morgan fingerprint density at radius 1 is 1.11 bits per heavy atom. The van der Waals surface area contributed by atoms with Crippen molar-refractivity contribution in [1.29, 1.82) is 0 Å². The van der Waals surface area contributed by atoms with E-state index in [0.29, 0.717) is 11.2 Å². The number of aromatic nitrogens is 2. The predicted molar refractivity (Wildman–Crippen MR) is 96.9 cm³/mol. The van der Waals surface area contributed by atoms with Gasteiger partial charge in [0.2, 0.25) is 0 Å². The second-order valence-corrected chi connectivity index (χ2v) is 6.08. The summed E-state index contributed by atoms with van der Waals surface area (Å²) >= 11 is 0. The zero-order valence-electron chi connectivity index (χ0n) is 14.6. The Bertz CT molecular complexity index is 1020. The Kier molecular flexibility index (Phi) is 5.74. The Morgan fingerprint density at radius 3 is 2.54 bits per heavy atom. The fourth-order valence-electron chi connectivity index (χ4n) is 2.61. The number of carbonyl (C=O) groups is 1. The smallest absolute Gasteiger partial charge is 0.350 e. The first-order chi connectivity index (χ1) is 13.4. The Hall–Kier alpha value is -3.20. The van der Waals surface area contributed by atoms with Crippen LogP contribution in [-0.2, 0) is 6.54 Å². The van der Waals surface area contributed by atoms with Crippen LogP contribution in [0.1, 0.15) is 15.9 Å². The first kappa shape index (κ1) is 19.6. The quantitative estimate of drug-likeness (QED) is 0.676. The third-order valence-corrected chi connectivity index (χ3v) is 4.12. The maximum Gasteiger partial charge on any atom is 0.405 e. The molecule has 2 N–H and O–H groups in total. The van der Waals surface area contributed by atoms with Crippen LogP contribution in [0.3, 0.4) is 0 Å². The standard InChI is InChI=1S/C19H17F3N4O2/c20-19(21,22)15(23-10-13-6-2-1-3-7-13)12-25-17(27)14-11-24-16-8-4-5-9-26(16)18(14)28/h1-9,11,15,23H,10,12H2,(H,25,27)/t15-/m1/s1. The van der Waals surface area contributed by atoms with E-state index >= 15 is 0 Å². The predicted octanol–water partition coefficient (Wildman–Crippen LogP) is 2.14. The van der Waals surface area contributed by atoms with Crippen molar-refractivity contribution in [3.8, 4) is 0 Å². The highest BCUT2D eigenvalue weighted by Gasteiger charge is 2.39. The molecule has 6 nitrogen and oxygen atoms in total. The molecule has 3 aromatic rings. The van der Waals surface area contributed by atoms with E-state index in [-0.39, 0.29) is 12.1 Å². The van der Waals surface area contributed by atoms with Crippen LogP contribution >= 0.6 is 0 Å². The number of nitrogens with one attached hydrogen (secondary N) is 2. The van der Waals surface area contributed by atoms with E-state index < -0.39 is 30.2 Å². The molecular formula is C19H17F3N4O2. The number of carbonyl (C=O) groups excluding carboxylic acids is 1. The van der Waals surface area contributed by atoms with E-state index in [1.165, 1.54) is 6.20 Å². The second kappa shape index (κ2) is 8.22. The fourth-order valence-corrected chi connectivity index (χ4v) is 2.61. The van der Waals surface area contributed by atoms with Crippen molar-refractivity contribution >= 4 is 11.6 Å². The largest absolute Gasteiger partial charge is 0.405 e. The maximum atomic E-state index is 13.3. The number of pyridine rings is 1. The van der Waals surface area contributed by atoms with Crippen LogP contribution in [0.5, 0.6) is 0 Å². The van der Waals surface area contributed by atoms with Crippen LogP contribution in [0.25, 0.3) is 5.65 Å². The third kappa shape index (κ3) is 4.55. The molecule has 0 radical (unpaired) electrons. The van der Waals surface area contributed by atoms with Gasteiger partial charge in [0, 0.05) is 25.5 Å². The number of nitrogens with zero attached hydrogens (tertiary/aromatic N) is 2. The van der Waals surface area contributed by atoms with Gasteiger partial charge >= 0.3 is 6.18 Å². The molecule has 0 aliphatic rings. The van der Waals surface area contributed by atoms with Gasteiger partial charge in [-0.2, -0.15) is 13.2 Å². The van der Waals surface area contributed by atoms with Crippen molar-refractivity contribution in [3.63, 3.8) is 0 Å². The van der Waals surface area contributed by atoms with E-state index in [1.807, 2.05) is 0 Å². The van der Waals surface area contributed by atoms with Crippen molar-refractivity contribution < 1.29 is 18.0 Å². The number of benzene rings is 1. The van der Waals surface area contributed by atoms with Crippen molar-refractivity contribution in [3.05, 3.63) is 82.4 Å². The number of hydrogen-bond acceptors (Lipinski definition) is 4. The summed E-state index contributed by atoms with van der Waals surface area (Å²) in [5.41, 5.74) is 0.0402. The lowest BCUT2D eigenvalue weighted by Gasteiger charge is -2.22. The van der Waals surface area contributed by atoms with Crippen molar-refractivity contribution in [2.75, 3.05) is 6.54 Å². The summed E-state index contributed by atoms with van der Waals surface area (Å²) < 4.78 is 41.0. The molecule has 0 aliphatic carbocycles. The minimum absolute atomic E-state index is 0.0128. The number of amides is 1. The molecule has 2 aromatic heterocycles. The van der Waals surface area contributed by atoms with Gasteiger partial charge < -0.3 is 10.6 Å². The van der Waals surface area contributed by atoms with E-state index in [1.54, 1.807) is 48.5 Å². The topological polar surface area (TPSA) is 75.5 Å². The van der Waals surface area contributed by atoms with Crippen LogP contribution in [0.2, 0.25) is 0 Å². The lowest BCUT2D eigenvalue weighted by atomic mass is 10.2. The van der Waals surface area contributed by atoms with E-state index in [9.17, 15) is 22.8 Å². The average Bonchev–Trinajstić information content (AvgIpc) is 2.68. The summed E-state index contributed by atoms with van der Waals surface area (Å²) in [6.45, 7) is -0.729. The highest BCUT2D eigenvalue weighted by molar-refractivity contribution is 5.93. The monoisotopic (exact) mass is 390 g/mol. The van der Waals surface area contributed by atoms with Gasteiger partial charge in [-0.15, -0.1) is 0 Å². The van der Waals surface area contributed by atoms with Gasteiger partial charge in [0.25, 0.3) is 11.5 Å². The summed E-state index contributed by atoms with van der Waals surface area (Å²) in [5, 5.41) is 4.56. The average molecular weight is 390 g/mol.